The molecule has 3 aromatic rings. The number of carboxylic acids is 1. The van der Waals surface area contributed by atoms with Crippen LogP contribution in [-0.4, -0.2) is 24.3 Å². The van der Waals surface area contributed by atoms with Gasteiger partial charge in [0.2, 0.25) is 0 Å². The lowest BCUT2D eigenvalue weighted by atomic mass is 10.0. The van der Waals surface area contributed by atoms with E-state index < -0.39 is 12.1 Å². The summed E-state index contributed by atoms with van der Waals surface area (Å²) in [5.41, 5.74) is 6.70. The Morgan fingerprint density at radius 3 is 2.29 bits per heavy atom. The average Bonchev–Trinajstić information content (AvgIpc) is 2.71. The maximum Gasteiger partial charge on any atom is 0.404 e. The summed E-state index contributed by atoms with van der Waals surface area (Å²) in [6.45, 7) is 0.246. The SMILES string of the molecule is COc1cc(CCC(=O)O)cc2ccccc12.NC(=O)OCc1ccccc1. The van der Waals surface area contributed by atoms with Crippen LogP contribution >= 0.6 is 0 Å². The van der Waals surface area contributed by atoms with Crippen LogP contribution in [0.1, 0.15) is 17.5 Å². The molecule has 6 heteroatoms. The Hall–Kier alpha value is -3.54. The van der Waals surface area contributed by atoms with Crippen molar-refractivity contribution in [3.05, 3.63) is 77.9 Å². The first-order chi connectivity index (χ1) is 13.5. The van der Waals surface area contributed by atoms with Crippen molar-refractivity contribution in [1.82, 2.24) is 0 Å². The molecule has 28 heavy (non-hydrogen) atoms. The maximum absolute atomic E-state index is 10.6. The number of hydrogen-bond donors (Lipinski definition) is 2. The van der Waals surface area contributed by atoms with Crippen LogP contribution in [0, 0.1) is 0 Å². The molecule has 0 heterocycles. The number of amides is 1. The zero-order valence-corrected chi connectivity index (χ0v) is 15.6. The number of methoxy groups -OCH3 is 1. The third kappa shape index (κ3) is 6.64. The number of carboxylic acid groups (broad SMARTS) is 1. The molecule has 0 bridgehead atoms. The Balaban J connectivity index is 0.000000221. The van der Waals surface area contributed by atoms with E-state index in [0.29, 0.717) is 6.42 Å². The zero-order valence-electron chi connectivity index (χ0n) is 15.6. The number of fused-ring (bicyclic) bond motifs is 1. The number of carbonyl (C=O) groups excluding carboxylic acids is 1. The fourth-order valence-corrected chi connectivity index (χ4v) is 2.63. The van der Waals surface area contributed by atoms with Crippen molar-refractivity contribution < 1.29 is 24.2 Å². The molecule has 3 N–H and O–H groups in total. The monoisotopic (exact) mass is 381 g/mol. The summed E-state index contributed by atoms with van der Waals surface area (Å²) in [4.78, 5) is 20.7. The fraction of sp³-hybridized carbons (Fsp3) is 0.182. The molecule has 0 aliphatic carbocycles. The van der Waals surface area contributed by atoms with Gasteiger partial charge in [0.25, 0.3) is 0 Å². The highest BCUT2D eigenvalue weighted by Gasteiger charge is 2.05. The first kappa shape index (κ1) is 20.8. The Morgan fingerprint density at radius 2 is 1.64 bits per heavy atom. The smallest absolute Gasteiger partial charge is 0.404 e. The van der Waals surface area contributed by atoms with E-state index in [4.69, 9.17) is 15.6 Å². The van der Waals surface area contributed by atoms with Crippen LogP contribution in [0.2, 0.25) is 0 Å². The average molecular weight is 381 g/mol. The number of benzene rings is 3. The third-order valence-electron chi connectivity index (χ3n) is 3.96. The van der Waals surface area contributed by atoms with Crippen molar-refractivity contribution in [2.45, 2.75) is 19.4 Å². The van der Waals surface area contributed by atoms with E-state index in [9.17, 15) is 9.59 Å². The molecule has 3 aromatic carbocycles. The van der Waals surface area contributed by atoms with Crippen molar-refractivity contribution >= 4 is 22.8 Å². The van der Waals surface area contributed by atoms with E-state index in [0.717, 1.165) is 27.6 Å². The van der Waals surface area contributed by atoms with E-state index in [1.165, 1.54) is 0 Å². The topological polar surface area (TPSA) is 98.9 Å². The van der Waals surface area contributed by atoms with E-state index in [2.05, 4.69) is 4.74 Å². The summed E-state index contributed by atoms with van der Waals surface area (Å²) in [7, 11) is 1.63. The lowest BCUT2D eigenvalue weighted by Gasteiger charge is -2.08. The van der Waals surface area contributed by atoms with Crippen LogP contribution < -0.4 is 10.5 Å². The predicted molar refractivity (Wildman–Crippen MR) is 107 cm³/mol. The summed E-state index contributed by atoms with van der Waals surface area (Å²) >= 11 is 0. The summed E-state index contributed by atoms with van der Waals surface area (Å²) < 4.78 is 9.89. The molecular weight excluding hydrogens is 358 g/mol. The van der Waals surface area contributed by atoms with Crippen LogP contribution in [0.25, 0.3) is 10.8 Å². The van der Waals surface area contributed by atoms with E-state index >= 15 is 0 Å². The molecule has 146 valence electrons. The number of nitrogens with two attached hydrogens (primary N) is 1. The Bertz CT molecular complexity index is 925. The number of hydrogen-bond acceptors (Lipinski definition) is 4. The van der Waals surface area contributed by atoms with Crippen molar-refractivity contribution in [3.8, 4) is 5.75 Å². The summed E-state index contributed by atoms with van der Waals surface area (Å²) in [6, 6.07) is 21.2. The second kappa shape index (κ2) is 10.6. The molecule has 0 saturated carbocycles. The van der Waals surface area contributed by atoms with E-state index in [1.54, 1.807) is 7.11 Å². The predicted octanol–water partition coefficient (Wildman–Crippen LogP) is 4.15. The van der Waals surface area contributed by atoms with Crippen LogP contribution in [0.4, 0.5) is 4.79 Å². The molecule has 0 fully saturated rings. The lowest BCUT2D eigenvalue weighted by molar-refractivity contribution is -0.136. The molecule has 1 amide bonds. The second-order valence-corrected chi connectivity index (χ2v) is 6.01. The minimum absolute atomic E-state index is 0.140. The number of carbonyl (C=O) groups is 2. The Labute approximate surface area is 163 Å². The molecule has 0 unspecified atom stereocenters. The lowest BCUT2D eigenvalue weighted by Crippen LogP contribution is -2.12. The third-order valence-corrected chi connectivity index (χ3v) is 3.96. The molecule has 6 nitrogen and oxygen atoms in total. The molecule has 0 aliphatic heterocycles. The molecule has 0 atom stereocenters. The minimum Gasteiger partial charge on any atom is -0.496 e. The number of aliphatic carboxylic acids is 1. The van der Waals surface area contributed by atoms with E-state index in [1.807, 2.05) is 66.7 Å². The molecule has 0 spiro atoms. The van der Waals surface area contributed by atoms with Crippen molar-refractivity contribution in [2.24, 2.45) is 5.73 Å². The number of rotatable bonds is 6. The van der Waals surface area contributed by atoms with Gasteiger partial charge in [-0.2, -0.15) is 0 Å². The molecule has 0 radical (unpaired) electrons. The normalized spacial score (nSPS) is 9.89. The van der Waals surface area contributed by atoms with Gasteiger partial charge < -0.3 is 20.3 Å². The highest BCUT2D eigenvalue weighted by molar-refractivity contribution is 5.89. The van der Waals surface area contributed by atoms with Gasteiger partial charge >= 0.3 is 12.1 Å². The minimum atomic E-state index is -0.780. The van der Waals surface area contributed by atoms with Gasteiger partial charge in [0, 0.05) is 11.8 Å². The van der Waals surface area contributed by atoms with Crippen LogP contribution in [0.3, 0.4) is 0 Å². The van der Waals surface area contributed by atoms with Crippen molar-refractivity contribution in [1.29, 1.82) is 0 Å². The number of ether oxygens (including phenoxy) is 2. The van der Waals surface area contributed by atoms with Gasteiger partial charge in [-0.15, -0.1) is 0 Å². The summed E-state index contributed by atoms with van der Waals surface area (Å²) in [5, 5.41) is 10.8. The standard InChI is InChI=1S/C14H14O3.C8H9NO2/c1-17-13-9-10(6-7-14(15)16)8-11-4-2-3-5-12(11)13;9-8(10)11-6-7-4-2-1-3-5-7/h2-5,8-9H,6-7H2,1H3,(H,15,16);1-5H,6H2,(H2,9,10). The first-order valence-corrected chi connectivity index (χ1v) is 8.73. The molecular formula is C22H23NO5. The molecule has 0 aromatic heterocycles. The van der Waals surface area contributed by atoms with Gasteiger partial charge in [-0.25, -0.2) is 4.79 Å². The van der Waals surface area contributed by atoms with Gasteiger partial charge in [0.15, 0.2) is 0 Å². The number of primary amides is 1. The van der Waals surface area contributed by atoms with Crippen LogP contribution in [0.5, 0.6) is 5.75 Å². The molecule has 0 saturated heterocycles. The Kier molecular flexibility index (Phi) is 7.84. The second-order valence-electron chi connectivity index (χ2n) is 6.01. The summed E-state index contributed by atoms with van der Waals surface area (Å²) in [5.74, 6) is 0.0145. The van der Waals surface area contributed by atoms with Crippen LogP contribution in [-0.2, 0) is 22.6 Å². The van der Waals surface area contributed by atoms with E-state index in [-0.39, 0.29) is 13.0 Å². The maximum atomic E-state index is 10.6. The van der Waals surface area contributed by atoms with Gasteiger partial charge in [-0.3, -0.25) is 4.79 Å². The van der Waals surface area contributed by atoms with Gasteiger partial charge in [-0.05, 0) is 29.0 Å². The Morgan fingerprint density at radius 1 is 0.964 bits per heavy atom. The quantitative estimate of drug-likeness (QED) is 0.668. The fourth-order valence-electron chi connectivity index (χ4n) is 2.63. The molecule has 3 rings (SSSR count). The molecule has 0 aliphatic rings. The largest absolute Gasteiger partial charge is 0.496 e. The van der Waals surface area contributed by atoms with Crippen molar-refractivity contribution in [3.63, 3.8) is 0 Å². The highest BCUT2D eigenvalue weighted by atomic mass is 16.5. The zero-order chi connectivity index (χ0) is 20.4. The van der Waals surface area contributed by atoms with Gasteiger partial charge in [-0.1, -0.05) is 60.7 Å². The summed E-state index contributed by atoms with van der Waals surface area (Å²) in [6.07, 6.45) is -0.0771. The van der Waals surface area contributed by atoms with Gasteiger partial charge in [0.05, 0.1) is 7.11 Å². The van der Waals surface area contributed by atoms with Crippen LogP contribution in [0.15, 0.2) is 66.7 Å². The van der Waals surface area contributed by atoms with Crippen molar-refractivity contribution in [2.75, 3.05) is 7.11 Å². The first-order valence-electron chi connectivity index (χ1n) is 8.73. The number of aryl methyl sites for hydroxylation is 1. The van der Waals surface area contributed by atoms with Gasteiger partial charge in [0.1, 0.15) is 12.4 Å². The highest BCUT2D eigenvalue weighted by Crippen LogP contribution is 2.27.